The number of aromatic nitrogens is 2. The Morgan fingerprint density at radius 1 is 1.14 bits per heavy atom. The van der Waals surface area contributed by atoms with Crippen molar-refractivity contribution >= 4 is 11.7 Å². The molecule has 0 atom stereocenters. The van der Waals surface area contributed by atoms with Crippen molar-refractivity contribution in [2.75, 3.05) is 31.1 Å². The fourth-order valence-corrected chi connectivity index (χ4v) is 3.27. The van der Waals surface area contributed by atoms with Crippen LogP contribution in [0.1, 0.15) is 38.2 Å². The van der Waals surface area contributed by atoms with E-state index in [0.717, 1.165) is 38.2 Å². The molecular formula is C21H27FN4O2. The van der Waals surface area contributed by atoms with E-state index < -0.39 is 0 Å². The van der Waals surface area contributed by atoms with E-state index in [1.165, 1.54) is 18.5 Å². The van der Waals surface area contributed by atoms with Crippen LogP contribution in [-0.4, -0.2) is 47.0 Å². The van der Waals surface area contributed by atoms with Crippen LogP contribution < -0.4 is 9.64 Å². The number of halogens is 1. The number of unbranched alkanes of at least 4 members (excludes halogenated alkanes) is 2. The average molecular weight is 386 g/mol. The smallest absolute Gasteiger partial charge is 0.224 e. The van der Waals surface area contributed by atoms with Gasteiger partial charge in [-0.1, -0.05) is 19.8 Å². The third-order valence-corrected chi connectivity index (χ3v) is 4.93. The predicted molar refractivity (Wildman–Crippen MR) is 106 cm³/mol. The molecule has 6 nitrogen and oxygen atoms in total. The Labute approximate surface area is 165 Å². The first kappa shape index (κ1) is 20.0. The number of carbonyl (C=O) groups is 1. The summed E-state index contributed by atoms with van der Waals surface area (Å²) in [6.45, 7) is 6.78. The Balaban J connectivity index is 1.58. The third kappa shape index (κ3) is 5.18. The minimum absolute atomic E-state index is 0.242. The van der Waals surface area contributed by atoms with Crippen molar-refractivity contribution in [3.05, 3.63) is 42.0 Å². The number of piperazine rings is 1. The largest absolute Gasteiger partial charge is 0.439 e. The number of amides is 1. The highest BCUT2D eigenvalue weighted by molar-refractivity contribution is 5.76. The molecule has 0 unspecified atom stereocenters. The standard InChI is InChI=1S/C21H27FN4O2/c1-3-4-5-6-21(27)26-11-9-25(10-12-26)19-14-20(24-15-23-19)28-18-8-7-17(22)13-16(18)2/h7-8,13-15H,3-6,9-12H2,1-2H3. The number of nitrogens with zero attached hydrogens (tertiary/aromatic N) is 4. The van der Waals surface area contributed by atoms with Crippen molar-refractivity contribution in [1.82, 2.24) is 14.9 Å². The maximum atomic E-state index is 13.3. The molecule has 1 aromatic heterocycles. The van der Waals surface area contributed by atoms with Gasteiger partial charge in [-0.2, -0.15) is 0 Å². The highest BCUT2D eigenvalue weighted by Gasteiger charge is 2.22. The van der Waals surface area contributed by atoms with Crippen molar-refractivity contribution in [1.29, 1.82) is 0 Å². The second-order valence-electron chi connectivity index (χ2n) is 7.05. The lowest BCUT2D eigenvalue weighted by molar-refractivity contribution is -0.131. The summed E-state index contributed by atoms with van der Waals surface area (Å²) in [7, 11) is 0. The van der Waals surface area contributed by atoms with E-state index in [9.17, 15) is 9.18 Å². The third-order valence-electron chi connectivity index (χ3n) is 4.93. The Bertz CT molecular complexity index is 807. The molecule has 7 heteroatoms. The number of aryl methyl sites for hydroxylation is 1. The monoisotopic (exact) mass is 386 g/mol. The van der Waals surface area contributed by atoms with Crippen LogP contribution in [0, 0.1) is 12.7 Å². The van der Waals surface area contributed by atoms with Crippen LogP contribution in [0.2, 0.25) is 0 Å². The van der Waals surface area contributed by atoms with Gasteiger partial charge in [0.05, 0.1) is 0 Å². The molecule has 0 bridgehead atoms. The zero-order valence-electron chi connectivity index (χ0n) is 16.5. The first-order valence-electron chi connectivity index (χ1n) is 9.85. The molecule has 0 spiro atoms. The number of benzene rings is 1. The van der Waals surface area contributed by atoms with Crippen molar-refractivity contribution in [2.24, 2.45) is 0 Å². The molecule has 1 aliphatic heterocycles. The van der Waals surface area contributed by atoms with Gasteiger partial charge in [0, 0.05) is 38.7 Å². The zero-order valence-corrected chi connectivity index (χ0v) is 16.5. The summed E-state index contributed by atoms with van der Waals surface area (Å²) in [6, 6.07) is 6.16. The summed E-state index contributed by atoms with van der Waals surface area (Å²) in [4.78, 5) is 24.8. The molecule has 2 heterocycles. The second kappa shape index (κ2) is 9.48. The Hall–Kier alpha value is -2.70. The molecular weight excluding hydrogens is 359 g/mol. The second-order valence-corrected chi connectivity index (χ2v) is 7.05. The molecule has 0 saturated carbocycles. The van der Waals surface area contributed by atoms with Gasteiger partial charge in [0.2, 0.25) is 11.8 Å². The van der Waals surface area contributed by atoms with E-state index in [4.69, 9.17) is 4.74 Å². The van der Waals surface area contributed by atoms with Crippen LogP contribution in [0.5, 0.6) is 11.6 Å². The van der Waals surface area contributed by atoms with Gasteiger partial charge >= 0.3 is 0 Å². The van der Waals surface area contributed by atoms with E-state index >= 15 is 0 Å². The fourth-order valence-electron chi connectivity index (χ4n) is 3.27. The molecule has 1 saturated heterocycles. The molecule has 0 N–H and O–H groups in total. The quantitative estimate of drug-likeness (QED) is 0.675. The number of ether oxygens (including phenoxy) is 1. The summed E-state index contributed by atoms with van der Waals surface area (Å²) in [5.41, 5.74) is 0.704. The molecule has 3 rings (SSSR count). The van der Waals surface area contributed by atoms with E-state index in [-0.39, 0.29) is 11.7 Å². The number of hydrogen-bond acceptors (Lipinski definition) is 5. The average Bonchev–Trinajstić information content (AvgIpc) is 2.70. The highest BCUT2D eigenvalue weighted by Crippen LogP contribution is 2.26. The molecule has 150 valence electrons. The van der Waals surface area contributed by atoms with Crippen LogP contribution in [0.25, 0.3) is 0 Å². The lowest BCUT2D eigenvalue weighted by atomic mass is 10.2. The molecule has 28 heavy (non-hydrogen) atoms. The predicted octanol–water partition coefficient (Wildman–Crippen LogP) is 3.95. The van der Waals surface area contributed by atoms with E-state index in [2.05, 4.69) is 21.8 Å². The van der Waals surface area contributed by atoms with Gasteiger partial charge in [-0.05, 0) is 37.1 Å². The number of rotatable bonds is 7. The molecule has 1 fully saturated rings. The van der Waals surface area contributed by atoms with Gasteiger partial charge in [-0.3, -0.25) is 4.79 Å². The normalized spacial score (nSPS) is 14.2. The number of anilines is 1. The van der Waals surface area contributed by atoms with Gasteiger partial charge in [0.25, 0.3) is 0 Å². The fraction of sp³-hybridized carbons (Fsp3) is 0.476. The van der Waals surface area contributed by atoms with Gasteiger partial charge < -0.3 is 14.5 Å². The Morgan fingerprint density at radius 2 is 1.93 bits per heavy atom. The van der Waals surface area contributed by atoms with Crippen molar-refractivity contribution < 1.29 is 13.9 Å². The van der Waals surface area contributed by atoms with Crippen molar-refractivity contribution in [3.8, 4) is 11.6 Å². The van der Waals surface area contributed by atoms with Gasteiger partial charge in [0.15, 0.2) is 0 Å². The summed E-state index contributed by atoms with van der Waals surface area (Å²) in [6.07, 6.45) is 5.28. The van der Waals surface area contributed by atoms with Crippen molar-refractivity contribution in [3.63, 3.8) is 0 Å². The minimum Gasteiger partial charge on any atom is -0.439 e. The van der Waals surface area contributed by atoms with Crippen molar-refractivity contribution in [2.45, 2.75) is 39.5 Å². The first-order chi connectivity index (χ1) is 13.6. The molecule has 1 aromatic carbocycles. The van der Waals surface area contributed by atoms with Crippen LogP contribution >= 0.6 is 0 Å². The van der Waals surface area contributed by atoms with Gasteiger partial charge in [-0.15, -0.1) is 0 Å². The zero-order chi connectivity index (χ0) is 19.9. The lowest BCUT2D eigenvalue weighted by Crippen LogP contribution is -2.49. The van der Waals surface area contributed by atoms with Crippen LogP contribution in [-0.2, 0) is 4.79 Å². The first-order valence-corrected chi connectivity index (χ1v) is 9.85. The molecule has 0 aliphatic carbocycles. The maximum absolute atomic E-state index is 13.3. The SMILES string of the molecule is CCCCCC(=O)N1CCN(c2cc(Oc3ccc(F)cc3C)ncn2)CC1. The summed E-state index contributed by atoms with van der Waals surface area (Å²) in [5.74, 6) is 1.69. The molecule has 1 amide bonds. The van der Waals surface area contributed by atoms with Gasteiger partial charge in [-0.25, -0.2) is 14.4 Å². The van der Waals surface area contributed by atoms with Gasteiger partial charge in [0.1, 0.15) is 23.7 Å². The number of carbonyl (C=O) groups excluding carboxylic acids is 1. The van der Waals surface area contributed by atoms with E-state index in [0.29, 0.717) is 36.7 Å². The van der Waals surface area contributed by atoms with Crippen LogP contribution in [0.15, 0.2) is 30.6 Å². The highest BCUT2D eigenvalue weighted by atomic mass is 19.1. The van der Waals surface area contributed by atoms with E-state index in [1.54, 1.807) is 19.1 Å². The lowest BCUT2D eigenvalue weighted by Gasteiger charge is -2.35. The molecule has 2 aromatic rings. The Morgan fingerprint density at radius 3 is 2.64 bits per heavy atom. The summed E-state index contributed by atoms with van der Waals surface area (Å²) < 4.78 is 19.1. The Kier molecular flexibility index (Phi) is 6.79. The maximum Gasteiger partial charge on any atom is 0.224 e. The minimum atomic E-state index is -0.296. The topological polar surface area (TPSA) is 58.6 Å². The van der Waals surface area contributed by atoms with E-state index in [1.807, 2.05) is 4.90 Å². The molecule has 1 aliphatic rings. The van der Waals surface area contributed by atoms with Crippen LogP contribution in [0.4, 0.5) is 10.2 Å². The summed E-state index contributed by atoms with van der Waals surface area (Å²) >= 11 is 0. The number of hydrogen-bond donors (Lipinski definition) is 0. The summed E-state index contributed by atoms with van der Waals surface area (Å²) in [5, 5.41) is 0. The van der Waals surface area contributed by atoms with Crippen LogP contribution in [0.3, 0.4) is 0 Å². The molecule has 0 radical (unpaired) electrons.